The highest BCUT2D eigenvalue weighted by Crippen LogP contribution is 2.43. The SMILES string of the molecule is CCCNC1CCC(C)(c2ccc(C)s2)C1. The number of hydrogen-bond donors (Lipinski definition) is 1. The van der Waals surface area contributed by atoms with E-state index in [2.05, 4.69) is 38.2 Å². The summed E-state index contributed by atoms with van der Waals surface area (Å²) in [5.41, 5.74) is 0.435. The zero-order valence-corrected chi connectivity index (χ0v) is 11.5. The summed E-state index contributed by atoms with van der Waals surface area (Å²) in [7, 11) is 0. The van der Waals surface area contributed by atoms with E-state index in [4.69, 9.17) is 0 Å². The number of rotatable bonds is 4. The van der Waals surface area contributed by atoms with Crippen molar-refractivity contribution in [1.29, 1.82) is 0 Å². The Kier molecular flexibility index (Phi) is 3.70. The standard InChI is InChI=1S/C14H23NS/c1-4-9-15-12-7-8-14(3,10-12)13-6-5-11(2)16-13/h5-6,12,15H,4,7-10H2,1-3H3. The molecule has 2 rings (SSSR count). The minimum absolute atomic E-state index is 0.435. The van der Waals surface area contributed by atoms with Crippen LogP contribution < -0.4 is 5.32 Å². The van der Waals surface area contributed by atoms with Crippen molar-refractivity contribution in [3.05, 3.63) is 21.9 Å². The smallest absolute Gasteiger partial charge is 0.0108 e. The van der Waals surface area contributed by atoms with Crippen LogP contribution in [0.3, 0.4) is 0 Å². The van der Waals surface area contributed by atoms with Gasteiger partial charge in [0.05, 0.1) is 0 Å². The van der Waals surface area contributed by atoms with E-state index >= 15 is 0 Å². The third kappa shape index (κ3) is 2.49. The molecule has 1 aliphatic carbocycles. The molecule has 0 radical (unpaired) electrons. The first-order valence-electron chi connectivity index (χ1n) is 6.44. The van der Waals surface area contributed by atoms with Gasteiger partial charge in [-0.15, -0.1) is 11.3 Å². The van der Waals surface area contributed by atoms with E-state index in [0.29, 0.717) is 5.41 Å². The van der Waals surface area contributed by atoms with Crippen LogP contribution in [0.4, 0.5) is 0 Å². The highest BCUT2D eigenvalue weighted by Gasteiger charge is 2.36. The summed E-state index contributed by atoms with van der Waals surface area (Å²) >= 11 is 1.98. The summed E-state index contributed by atoms with van der Waals surface area (Å²) in [6.07, 6.45) is 5.24. The van der Waals surface area contributed by atoms with Crippen molar-refractivity contribution in [1.82, 2.24) is 5.32 Å². The summed E-state index contributed by atoms with van der Waals surface area (Å²) in [5.74, 6) is 0. The third-order valence-corrected chi connectivity index (χ3v) is 5.07. The molecule has 16 heavy (non-hydrogen) atoms. The van der Waals surface area contributed by atoms with Crippen molar-refractivity contribution in [2.75, 3.05) is 6.54 Å². The maximum absolute atomic E-state index is 3.67. The second kappa shape index (κ2) is 4.89. The van der Waals surface area contributed by atoms with Crippen molar-refractivity contribution in [3.63, 3.8) is 0 Å². The lowest BCUT2D eigenvalue weighted by atomic mass is 9.87. The van der Waals surface area contributed by atoms with E-state index in [0.717, 1.165) is 6.04 Å². The Morgan fingerprint density at radius 3 is 2.94 bits per heavy atom. The van der Waals surface area contributed by atoms with Crippen LogP contribution in [-0.4, -0.2) is 12.6 Å². The predicted octanol–water partition coefficient (Wildman–Crippen LogP) is 3.87. The molecule has 0 spiro atoms. The van der Waals surface area contributed by atoms with Gasteiger partial charge in [-0.2, -0.15) is 0 Å². The first-order valence-corrected chi connectivity index (χ1v) is 7.26. The topological polar surface area (TPSA) is 12.0 Å². The van der Waals surface area contributed by atoms with E-state index in [-0.39, 0.29) is 0 Å². The zero-order valence-electron chi connectivity index (χ0n) is 10.7. The lowest BCUT2D eigenvalue weighted by Gasteiger charge is -2.23. The summed E-state index contributed by atoms with van der Waals surface area (Å²) in [5, 5.41) is 3.67. The van der Waals surface area contributed by atoms with E-state index in [1.165, 1.54) is 37.1 Å². The van der Waals surface area contributed by atoms with Crippen LogP contribution in [0.1, 0.15) is 49.3 Å². The molecule has 0 aliphatic heterocycles. The van der Waals surface area contributed by atoms with E-state index in [9.17, 15) is 0 Å². The lowest BCUT2D eigenvalue weighted by Crippen LogP contribution is -2.29. The fraction of sp³-hybridized carbons (Fsp3) is 0.714. The van der Waals surface area contributed by atoms with Crippen LogP contribution in [-0.2, 0) is 5.41 Å². The monoisotopic (exact) mass is 237 g/mol. The number of nitrogens with one attached hydrogen (secondary N) is 1. The Labute approximate surface area is 103 Å². The Hall–Kier alpha value is -0.340. The molecule has 1 fully saturated rings. The molecule has 2 heteroatoms. The maximum atomic E-state index is 3.67. The second-order valence-corrected chi connectivity index (χ2v) is 6.65. The van der Waals surface area contributed by atoms with Crippen molar-refractivity contribution < 1.29 is 0 Å². The van der Waals surface area contributed by atoms with E-state index < -0.39 is 0 Å². The summed E-state index contributed by atoms with van der Waals surface area (Å²) < 4.78 is 0. The van der Waals surface area contributed by atoms with E-state index in [1.807, 2.05) is 11.3 Å². The maximum Gasteiger partial charge on any atom is 0.0108 e. The third-order valence-electron chi connectivity index (χ3n) is 3.76. The molecule has 0 aromatic carbocycles. The van der Waals surface area contributed by atoms with Gasteiger partial charge in [0.25, 0.3) is 0 Å². The number of hydrogen-bond acceptors (Lipinski definition) is 2. The van der Waals surface area contributed by atoms with Crippen LogP contribution in [0, 0.1) is 6.92 Å². The molecule has 2 atom stereocenters. The fourth-order valence-electron chi connectivity index (χ4n) is 2.75. The van der Waals surface area contributed by atoms with Gasteiger partial charge in [-0.25, -0.2) is 0 Å². The molecule has 1 aromatic rings. The molecule has 1 aromatic heterocycles. The summed E-state index contributed by atoms with van der Waals surface area (Å²) in [6.45, 7) is 8.05. The predicted molar refractivity (Wildman–Crippen MR) is 72.3 cm³/mol. The Morgan fingerprint density at radius 1 is 1.50 bits per heavy atom. The summed E-state index contributed by atoms with van der Waals surface area (Å²) in [4.78, 5) is 3.03. The molecule has 90 valence electrons. The van der Waals surface area contributed by atoms with Crippen molar-refractivity contribution in [2.24, 2.45) is 0 Å². The van der Waals surface area contributed by atoms with Crippen LogP contribution >= 0.6 is 11.3 Å². The molecular formula is C14H23NS. The number of aryl methyl sites for hydroxylation is 1. The van der Waals surface area contributed by atoms with Crippen LogP contribution in [0.15, 0.2) is 12.1 Å². The molecule has 1 aliphatic rings. The molecule has 1 N–H and O–H groups in total. The minimum Gasteiger partial charge on any atom is -0.314 e. The molecule has 1 nitrogen and oxygen atoms in total. The van der Waals surface area contributed by atoms with E-state index in [1.54, 1.807) is 4.88 Å². The van der Waals surface area contributed by atoms with Gasteiger partial charge in [0.1, 0.15) is 0 Å². The molecule has 1 saturated carbocycles. The van der Waals surface area contributed by atoms with Crippen molar-refractivity contribution >= 4 is 11.3 Å². The average molecular weight is 237 g/mol. The van der Waals surface area contributed by atoms with Gasteiger partial charge >= 0.3 is 0 Å². The van der Waals surface area contributed by atoms with Gasteiger partial charge in [0.15, 0.2) is 0 Å². The fourth-order valence-corrected chi connectivity index (χ4v) is 3.80. The Balaban J connectivity index is 2.00. The van der Waals surface area contributed by atoms with Crippen LogP contribution in [0.2, 0.25) is 0 Å². The Bertz CT molecular complexity index is 344. The quantitative estimate of drug-likeness (QED) is 0.838. The van der Waals surface area contributed by atoms with Gasteiger partial charge in [0.2, 0.25) is 0 Å². The average Bonchev–Trinajstić information content (AvgIpc) is 2.83. The highest BCUT2D eigenvalue weighted by molar-refractivity contribution is 7.12. The molecule has 0 saturated heterocycles. The molecule has 0 amide bonds. The van der Waals surface area contributed by atoms with Crippen LogP contribution in [0.25, 0.3) is 0 Å². The normalized spacial score (nSPS) is 29.8. The first kappa shape index (κ1) is 12.1. The molecule has 1 heterocycles. The van der Waals surface area contributed by atoms with Gasteiger partial charge in [-0.3, -0.25) is 0 Å². The molecular weight excluding hydrogens is 214 g/mol. The molecule has 0 bridgehead atoms. The van der Waals surface area contributed by atoms with Crippen molar-refractivity contribution in [3.8, 4) is 0 Å². The molecule has 2 unspecified atom stereocenters. The Morgan fingerprint density at radius 2 is 2.31 bits per heavy atom. The van der Waals surface area contributed by atoms with Gasteiger partial charge in [0, 0.05) is 21.2 Å². The van der Waals surface area contributed by atoms with Crippen molar-refractivity contribution in [2.45, 2.75) is 57.9 Å². The number of thiophene rings is 1. The van der Waals surface area contributed by atoms with Crippen LogP contribution in [0.5, 0.6) is 0 Å². The van der Waals surface area contributed by atoms with Gasteiger partial charge in [-0.1, -0.05) is 13.8 Å². The second-order valence-electron chi connectivity index (χ2n) is 5.36. The van der Waals surface area contributed by atoms with Gasteiger partial charge < -0.3 is 5.32 Å². The zero-order chi connectivity index (χ0) is 11.6. The summed E-state index contributed by atoms with van der Waals surface area (Å²) in [6, 6.07) is 5.34. The lowest BCUT2D eigenvalue weighted by molar-refractivity contribution is 0.459. The highest BCUT2D eigenvalue weighted by atomic mass is 32.1. The largest absolute Gasteiger partial charge is 0.314 e. The first-order chi connectivity index (χ1) is 7.64. The minimum atomic E-state index is 0.435. The van der Waals surface area contributed by atoms with Gasteiger partial charge in [-0.05, 0) is 51.3 Å².